The van der Waals surface area contributed by atoms with Gasteiger partial charge < -0.3 is 26.4 Å². The number of fused-ring (bicyclic) bond motifs is 1. The number of anilines is 1. The molecule has 1 aromatic heterocycles. The average molecular weight is 498 g/mol. The van der Waals surface area contributed by atoms with Gasteiger partial charge in [-0.25, -0.2) is 0 Å². The van der Waals surface area contributed by atoms with Crippen molar-refractivity contribution in [3.63, 3.8) is 0 Å². The summed E-state index contributed by atoms with van der Waals surface area (Å²) in [5, 5.41) is 31.5. The Hall–Kier alpha value is -2.40. The van der Waals surface area contributed by atoms with Gasteiger partial charge in [-0.05, 0) is 23.8 Å². The summed E-state index contributed by atoms with van der Waals surface area (Å²) in [5.41, 5.74) is 6.74. The van der Waals surface area contributed by atoms with Gasteiger partial charge in [0.25, 0.3) is 11.8 Å². The number of nitrogens with two attached hydrogens (primary N) is 1. The SMILES string of the molecule is NC(=O)c1c(NC(=O)c2cccc(CN(CCO)CCO)c2)sc2c(Cl)c(O)c(Cl)cc12. The van der Waals surface area contributed by atoms with Crippen LogP contribution in [0.2, 0.25) is 10.0 Å². The number of nitrogens with zero attached hydrogens (tertiary/aromatic N) is 1. The molecule has 0 spiro atoms. The highest BCUT2D eigenvalue weighted by molar-refractivity contribution is 7.24. The van der Waals surface area contributed by atoms with Crippen molar-refractivity contribution in [3.05, 3.63) is 57.1 Å². The van der Waals surface area contributed by atoms with Gasteiger partial charge in [0.2, 0.25) is 0 Å². The van der Waals surface area contributed by atoms with Crippen molar-refractivity contribution in [3.8, 4) is 5.75 Å². The number of primary amides is 1. The van der Waals surface area contributed by atoms with Gasteiger partial charge in [0, 0.05) is 30.6 Å². The van der Waals surface area contributed by atoms with E-state index in [1.54, 1.807) is 18.2 Å². The molecule has 32 heavy (non-hydrogen) atoms. The van der Waals surface area contributed by atoms with Crippen molar-refractivity contribution in [1.29, 1.82) is 0 Å². The third-order valence-corrected chi connectivity index (χ3v) is 6.66. The number of aliphatic hydroxyl groups excluding tert-OH is 2. The number of hydrogen-bond acceptors (Lipinski definition) is 7. The maximum absolute atomic E-state index is 12.9. The number of carbonyl (C=O) groups excluding carboxylic acids is 2. The largest absolute Gasteiger partial charge is 0.505 e. The first kappa shape index (κ1) is 24.2. The number of phenolic OH excluding ortho intramolecular Hbond substituents is 1. The number of amides is 2. The monoisotopic (exact) mass is 497 g/mol. The lowest BCUT2D eigenvalue weighted by atomic mass is 10.1. The summed E-state index contributed by atoms with van der Waals surface area (Å²) in [5.74, 6) is -1.57. The van der Waals surface area contributed by atoms with Crippen molar-refractivity contribution in [2.45, 2.75) is 6.54 Å². The molecule has 1 heterocycles. The molecule has 0 fully saturated rings. The van der Waals surface area contributed by atoms with Gasteiger partial charge >= 0.3 is 0 Å². The van der Waals surface area contributed by atoms with Crippen LogP contribution in [0.15, 0.2) is 30.3 Å². The predicted octanol–water partition coefficient (Wildman–Crippen LogP) is 3.05. The summed E-state index contributed by atoms with van der Waals surface area (Å²) in [4.78, 5) is 26.9. The Labute approximate surface area is 197 Å². The summed E-state index contributed by atoms with van der Waals surface area (Å²) in [6.07, 6.45) is 0. The molecule has 3 rings (SSSR count). The highest BCUT2D eigenvalue weighted by atomic mass is 35.5. The summed E-state index contributed by atoms with van der Waals surface area (Å²) < 4.78 is 0.370. The van der Waals surface area contributed by atoms with Gasteiger partial charge in [-0.2, -0.15) is 0 Å². The minimum Gasteiger partial charge on any atom is -0.505 e. The lowest BCUT2D eigenvalue weighted by molar-refractivity contribution is 0.100. The molecule has 0 saturated carbocycles. The smallest absolute Gasteiger partial charge is 0.256 e. The summed E-state index contributed by atoms with van der Waals surface area (Å²) in [6, 6.07) is 8.23. The molecule has 8 nitrogen and oxygen atoms in total. The number of thiophene rings is 1. The van der Waals surface area contributed by atoms with Gasteiger partial charge in [-0.3, -0.25) is 14.5 Å². The van der Waals surface area contributed by atoms with Gasteiger partial charge in [-0.15, -0.1) is 11.3 Å². The molecular weight excluding hydrogens is 477 g/mol. The lowest BCUT2D eigenvalue weighted by Crippen LogP contribution is -2.29. The first-order valence-corrected chi connectivity index (χ1v) is 11.1. The minimum atomic E-state index is -0.776. The number of nitrogens with one attached hydrogen (secondary N) is 1. The maximum atomic E-state index is 12.9. The van der Waals surface area contributed by atoms with E-state index in [1.807, 2.05) is 11.0 Å². The van der Waals surface area contributed by atoms with Crippen LogP contribution in [-0.4, -0.2) is 58.3 Å². The van der Waals surface area contributed by atoms with Crippen molar-refractivity contribution in [2.24, 2.45) is 5.73 Å². The third-order valence-electron chi connectivity index (χ3n) is 4.75. The Balaban J connectivity index is 1.91. The molecule has 0 unspecified atom stereocenters. The van der Waals surface area contributed by atoms with Gasteiger partial charge in [0.05, 0.1) is 28.5 Å². The number of carbonyl (C=O) groups is 2. The van der Waals surface area contributed by atoms with Crippen molar-refractivity contribution < 1.29 is 24.9 Å². The number of aromatic hydroxyl groups is 1. The topological polar surface area (TPSA) is 136 Å². The van der Waals surface area contributed by atoms with Gasteiger partial charge in [0.15, 0.2) is 5.75 Å². The van der Waals surface area contributed by atoms with Gasteiger partial charge in [0.1, 0.15) is 10.0 Å². The van der Waals surface area contributed by atoms with E-state index in [0.717, 1.165) is 16.9 Å². The molecule has 0 aliphatic heterocycles. The highest BCUT2D eigenvalue weighted by Crippen LogP contribution is 2.46. The number of halogens is 2. The second-order valence-electron chi connectivity index (χ2n) is 6.95. The van der Waals surface area contributed by atoms with Gasteiger partial charge in [-0.1, -0.05) is 35.3 Å². The molecule has 0 aliphatic rings. The Morgan fingerprint density at radius 2 is 1.81 bits per heavy atom. The van der Waals surface area contributed by atoms with Crippen molar-refractivity contribution >= 4 is 61.4 Å². The molecule has 11 heteroatoms. The Bertz CT molecular complexity index is 1160. The summed E-state index contributed by atoms with van der Waals surface area (Å²) >= 11 is 13.2. The number of aliphatic hydroxyl groups is 2. The Kier molecular flexibility index (Phi) is 7.94. The fourth-order valence-electron chi connectivity index (χ4n) is 3.28. The zero-order valence-corrected chi connectivity index (χ0v) is 19.1. The Morgan fingerprint density at radius 1 is 1.12 bits per heavy atom. The first-order chi connectivity index (χ1) is 15.3. The first-order valence-electron chi connectivity index (χ1n) is 9.54. The zero-order valence-electron chi connectivity index (χ0n) is 16.8. The molecule has 170 valence electrons. The molecule has 2 aromatic carbocycles. The molecular formula is C21H21Cl2N3O5S. The number of benzene rings is 2. The van der Waals surface area contributed by atoms with Crippen molar-refractivity contribution in [2.75, 3.05) is 31.6 Å². The molecule has 3 aromatic rings. The molecule has 6 N–H and O–H groups in total. The van der Waals surface area contributed by atoms with Crippen LogP contribution in [0.25, 0.3) is 10.1 Å². The number of hydrogen-bond donors (Lipinski definition) is 5. The molecule has 2 amide bonds. The molecule has 0 atom stereocenters. The van der Waals surface area contributed by atoms with E-state index in [0.29, 0.717) is 35.3 Å². The highest BCUT2D eigenvalue weighted by Gasteiger charge is 2.23. The summed E-state index contributed by atoms with van der Waals surface area (Å²) in [6.45, 7) is 1.10. The van der Waals surface area contributed by atoms with Crippen LogP contribution in [0.3, 0.4) is 0 Å². The standard InChI is InChI=1S/C21H21Cl2N3O5S/c22-14-9-13-15(19(24)30)21(32-18(13)16(23)17(14)29)25-20(31)12-3-1-2-11(8-12)10-26(4-6-27)5-7-28/h1-3,8-9,27-29H,4-7,10H2,(H2,24,30)(H,25,31). The van der Waals surface area contributed by atoms with Crippen LogP contribution < -0.4 is 11.1 Å². The van der Waals surface area contributed by atoms with E-state index >= 15 is 0 Å². The molecule has 0 bridgehead atoms. The fourth-order valence-corrected chi connectivity index (χ4v) is 4.97. The average Bonchev–Trinajstić information content (AvgIpc) is 3.10. The van der Waals surface area contributed by atoms with E-state index in [1.165, 1.54) is 6.07 Å². The van der Waals surface area contributed by atoms with E-state index in [2.05, 4.69) is 5.32 Å². The van der Waals surface area contributed by atoms with E-state index < -0.39 is 11.8 Å². The predicted molar refractivity (Wildman–Crippen MR) is 126 cm³/mol. The normalized spacial score (nSPS) is 11.3. The van der Waals surface area contributed by atoms with Crippen LogP contribution in [0.1, 0.15) is 26.3 Å². The Morgan fingerprint density at radius 3 is 2.44 bits per heavy atom. The second-order valence-corrected chi connectivity index (χ2v) is 8.75. The minimum absolute atomic E-state index is 0.0321. The number of rotatable bonds is 9. The number of phenols is 1. The fraction of sp³-hybridized carbons (Fsp3) is 0.238. The molecule has 0 saturated heterocycles. The van der Waals surface area contributed by atoms with Crippen LogP contribution in [0.5, 0.6) is 5.75 Å². The quantitative estimate of drug-likeness (QED) is 0.308. The second kappa shape index (κ2) is 10.5. The maximum Gasteiger partial charge on any atom is 0.256 e. The zero-order chi connectivity index (χ0) is 23.4. The van der Waals surface area contributed by atoms with E-state index in [-0.39, 0.29) is 39.6 Å². The van der Waals surface area contributed by atoms with E-state index in [9.17, 15) is 24.9 Å². The van der Waals surface area contributed by atoms with Crippen LogP contribution in [0, 0.1) is 0 Å². The van der Waals surface area contributed by atoms with Crippen LogP contribution >= 0.6 is 34.5 Å². The van der Waals surface area contributed by atoms with Crippen LogP contribution in [0.4, 0.5) is 5.00 Å². The molecule has 0 radical (unpaired) electrons. The van der Waals surface area contributed by atoms with E-state index in [4.69, 9.17) is 28.9 Å². The van der Waals surface area contributed by atoms with Crippen molar-refractivity contribution in [1.82, 2.24) is 4.90 Å². The van der Waals surface area contributed by atoms with Crippen LogP contribution in [-0.2, 0) is 6.54 Å². The summed E-state index contributed by atoms with van der Waals surface area (Å²) in [7, 11) is 0. The molecule has 0 aliphatic carbocycles. The lowest BCUT2D eigenvalue weighted by Gasteiger charge is -2.20. The third kappa shape index (κ3) is 5.15.